The van der Waals surface area contributed by atoms with E-state index in [0.717, 1.165) is 0 Å². The van der Waals surface area contributed by atoms with Crippen molar-refractivity contribution in [1.29, 1.82) is 0 Å². The van der Waals surface area contributed by atoms with E-state index in [-0.39, 0.29) is 0 Å². The summed E-state index contributed by atoms with van der Waals surface area (Å²) >= 11 is 4.72. The molecular weight excluding hydrogens is 253 g/mol. The second-order valence-corrected chi connectivity index (χ2v) is 2.82. The van der Waals surface area contributed by atoms with Gasteiger partial charge in [0.1, 0.15) is 5.56 Å². The average Bonchev–Trinajstić information content (AvgIpc) is 2.09. The van der Waals surface area contributed by atoms with E-state index in [2.05, 4.69) is 0 Å². The fourth-order valence-electron chi connectivity index (χ4n) is 0.854. The minimum absolute atomic E-state index is 1.83. The number of hydrogen-bond acceptors (Lipinski definition) is 0. The van der Waals surface area contributed by atoms with E-state index >= 15 is 0 Å². The molecule has 0 spiro atoms. The van der Waals surface area contributed by atoms with Gasteiger partial charge >= 0.3 is 6.18 Å². The molecule has 1 aromatic rings. The fourth-order valence-corrected chi connectivity index (χ4v) is 1.13. The van der Waals surface area contributed by atoms with Gasteiger partial charge in [0, 0.05) is 0 Å². The van der Waals surface area contributed by atoms with Crippen molar-refractivity contribution in [2.75, 3.05) is 0 Å². The lowest BCUT2D eigenvalue weighted by atomic mass is 10.2. The zero-order valence-corrected chi connectivity index (χ0v) is 7.28. The van der Waals surface area contributed by atoms with Crippen LogP contribution in [0.2, 0.25) is 5.02 Å². The molecule has 0 heterocycles. The van der Waals surface area contributed by atoms with E-state index in [1.165, 1.54) is 0 Å². The summed E-state index contributed by atoms with van der Waals surface area (Å²) in [6.45, 7) is 0. The molecule has 0 aliphatic carbocycles. The van der Waals surface area contributed by atoms with Crippen molar-refractivity contribution < 1.29 is 30.7 Å². The van der Waals surface area contributed by atoms with E-state index in [0.29, 0.717) is 0 Å². The van der Waals surface area contributed by atoms with Gasteiger partial charge in [0.2, 0.25) is 0 Å². The molecular formula is C7ClF7. The first-order chi connectivity index (χ1) is 6.68. The predicted molar refractivity (Wildman–Crippen MR) is 36.3 cm³/mol. The van der Waals surface area contributed by atoms with Crippen molar-refractivity contribution in [3.05, 3.63) is 33.9 Å². The zero-order chi connectivity index (χ0) is 12.0. The summed E-state index contributed by atoms with van der Waals surface area (Å²) in [6.07, 6.45) is -5.41. The highest BCUT2D eigenvalue weighted by molar-refractivity contribution is 6.31. The summed E-state index contributed by atoms with van der Waals surface area (Å²) in [7, 11) is 0. The molecule has 0 radical (unpaired) electrons. The minimum atomic E-state index is -5.41. The van der Waals surface area contributed by atoms with Gasteiger partial charge in [-0.05, 0) is 0 Å². The third-order valence-corrected chi connectivity index (χ3v) is 1.85. The Morgan fingerprint density at radius 1 is 0.733 bits per heavy atom. The SMILES string of the molecule is Fc1c(F)c(F)c(C(F)(F)F)c(Cl)c1F. The number of benzene rings is 1. The molecule has 0 atom stereocenters. The maximum Gasteiger partial charge on any atom is 0.420 e. The van der Waals surface area contributed by atoms with E-state index in [4.69, 9.17) is 11.6 Å². The molecule has 0 N–H and O–H groups in total. The van der Waals surface area contributed by atoms with Gasteiger partial charge in [0.05, 0.1) is 5.02 Å². The molecule has 0 bridgehead atoms. The van der Waals surface area contributed by atoms with E-state index in [1.54, 1.807) is 0 Å². The van der Waals surface area contributed by atoms with Gasteiger partial charge in [-0.3, -0.25) is 0 Å². The lowest BCUT2D eigenvalue weighted by Gasteiger charge is -2.11. The van der Waals surface area contributed by atoms with E-state index in [9.17, 15) is 30.7 Å². The normalized spacial score (nSPS) is 12.0. The fraction of sp³-hybridized carbons (Fsp3) is 0.143. The van der Waals surface area contributed by atoms with Crippen molar-refractivity contribution in [1.82, 2.24) is 0 Å². The van der Waals surface area contributed by atoms with Crippen LogP contribution in [0, 0.1) is 23.3 Å². The summed E-state index contributed by atoms with van der Waals surface area (Å²) in [4.78, 5) is 0. The third-order valence-electron chi connectivity index (χ3n) is 1.49. The Morgan fingerprint density at radius 3 is 1.53 bits per heavy atom. The Kier molecular flexibility index (Phi) is 2.86. The highest BCUT2D eigenvalue weighted by Gasteiger charge is 2.41. The first-order valence-corrected chi connectivity index (χ1v) is 3.64. The van der Waals surface area contributed by atoms with Crippen molar-refractivity contribution >= 4 is 11.6 Å². The Bertz CT molecular complexity index is 380. The molecule has 15 heavy (non-hydrogen) atoms. The summed E-state index contributed by atoms with van der Waals surface area (Å²) in [6, 6.07) is 0. The van der Waals surface area contributed by atoms with Crippen LogP contribution in [0.5, 0.6) is 0 Å². The molecule has 0 unspecified atom stereocenters. The van der Waals surface area contributed by atoms with Crippen molar-refractivity contribution in [3.63, 3.8) is 0 Å². The van der Waals surface area contributed by atoms with E-state index in [1.807, 2.05) is 0 Å². The molecule has 0 saturated carbocycles. The molecule has 1 rings (SSSR count). The average molecular weight is 253 g/mol. The predicted octanol–water partition coefficient (Wildman–Crippen LogP) is 3.92. The van der Waals surface area contributed by atoms with Gasteiger partial charge in [-0.2, -0.15) is 13.2 Å². The summed E-state index contributed by atoms with van der Waals surface area (Å²) in [5.74, 6) is -9.77. The van der Waals surface area contributed by atoms with Gasteiger partial charge in [0.15, 0.2) is 23.3 Å². The first kappa shape index (κ1) is 12.1. The van der Waals surface area contributed by atoms with Crippen molar-refractivity contribution in [2.45, 2.75) is 6.18 Å². The van der Waals surface area contributed by atoms with E-state index < -0.39 is 40.0 Å². The monoisotopic (exact) mass is 252 g/mol. The Morgan fingerprint density at radius 2 is 1.13 bits per heavy atom. The molecule has 84 valence electrons. The third kappa shape index (κ3) is 1.88. The quantitative estimate of drug-likeness (QED) is 0.373. The molecule has 0 amide bonds. The van der Waals surface area contributed by atoms with Gasteiger partial charge < -0.3 is 0 Å². The molecule has 1 aromatic carbocycles. The first-order valence-electron chi connectivity index (χ1n) is 3.26. The number of hydrogen-bond donors (Lipinski definition) is 0. The largest absolute Gasteiger partial charge is 0.420 e. The van der Waals surface area contributed by atoms with Crippen LogP contribution >= 0.6 is 11.6 Å². The van der Waals surface area contributed by atoms with Crippen molar-refractivity contribution in [3.8, 4) is 0 Å². The smallest absolute Gasteiger partial charge is 0.203 e. The number of rotatable bonds is 0. The maximum atomic E-state index is 12.6. The lowest BCUT2D eigenvalue weighted by Crippen LogP contribution is -2.13. The van der Waals surface area contributed by atoms with Crippen LogP contribution in [0.15, 0.2) is 0 Å². The van der Waals surface area contributed by atoms with Gasteiger partial charge in [0.25, 0.3) is 0 Å². The Labute approximate surface area is 83.3 Å². The molecule has 0 aliphatic heterocycles. The van der Waals surface area contributed by atoms with Crippen molar-refractivity contribution in [2.24, 2.45) is 0 Å². The summed E-state index contributed by atoms with van der Waals surface area (Å²) < 4.78 is 86.0. The summed E-state index contributed by atoms with van der Waals surface area (Å²) in [5.41, 5.74) is -2.36. The van der Waals surface area contributed by atoms with Crippen LogP contribution in [0.4, 0.5) is 30.7 Å². The standard InChI is InChI=1S/C7ClF7/c8-2-1(7(13,14)15)3(9)5(11)6(12)4(2)10. The van der Waals surface area contributed by atoms with Gasteiger partial charge in [-0.25, -0.2) is 17.6 Å². The van der Waals surface area contributed by atoms with Crippen LogP contribution in [-0.4, -0.2) is 0 Å². The highest BCUT2D eigenvalue weighted by Crippen LogP contribution is 2.39. The number of halogens is 8. The van der Waals surface area contributed by atoms with Gasteiger partial charge in [-0.15, -0.1) is 0 Å². The second kappa shape index (κ2) is 3.55. The van der Waals surface area contributed by atoms with Crippen LogP contribution < -0.4 is 0 Å². The van der Waals surface area contributed by atoms with Crippen LogP contribution in [-0.2, 0) is 6.18 Å². The second-order valence-electron chi connectivity index (χ2n) is 2.44. The van der Waals surface area contributed by atoms with Crippen LogP contribution in [0.25, 0.3) is 0 Å². The maximum absolute atomic E-state index is 12.6. The molecule has 0 aromatic heterocycles. The lowest BCUT2D eigenvalue weighted by molar-refractivity contribution is -0.140. The molecule has 0 aliphatic rings. The Hall–Kier alpha value is -0.980. The number of alkyl halides is 3. The summed E-state index contributed by atoms with van der Waals surface area (Å²) in [5, 5.41) is -1.83. The topological polar surface area (TPSA) is 0 Å². The molecule has 8 heteroatoms. The van der Waals surface area contributed by atoms with Crippen LogP contribution in [0.3, 0.4) is 0 Å². The van der Waals surface area contributed by atoms with Gasteiger partial charge in [-0.1, -0.05) is 11.6 Å². The molecule has 0 saturated heterocycles. The highest BCUT2D eigenvalue weighted by atomic mass is 35.5. The minimum Gasteiger partial charge on any atom is -0.203 e. The molecule has 0 nitrogen and oxygen atoms in total. The Balaban J connectivity index is 3.68. The zero-order valence-electron chi connectivity index (χ0n) is 6.52. The van der Waals surface area contributed by atoms with Crippen LogP contribution in [0.1, 0.15) is 5.56 Å². The molecule has 0 fully saturated rings.